The van der Waals surface area contributed by atoms with Gasteiger partial charge in [0.05, 0.1) is 6.26 Å². The van der Waals surface area contributed by atoms with Crippen LogP contribution in [0.1, 0.15) is 32.1 Å². The Morgan fingerprint density at radius 1 is 1.33 bits per heavy atom. The molecule has 21 heavy (non-hydrogen) atoms. The number of nitrogens with zero attached hydrogens (tertiary/aromatic N) is 1. The van der Waals surface area contributed by atoms with Gasteiger partial charge in [-0.15, -0.1) is 0 Å². The minimum atomic E-state index is -3.15. The molecule has 7 heteroatoms. The van der Waals surface area contributed by atoms with Crippen LogP contribution in [0.2, 0.25) is 0 Å². The first-order valence-electron chi connectivity index (χ1n) is 7.87. The number of sulfonamides is 1. The van der Waals surface area contributed by atoms with Crippen LogP contribution in [0.25, 0.3) is 0 Å². The molecule has 0 aromatic heterocycles. The topological polar surface area (TPSA) is 78.5 Å². The fourth-order valence-electron chi connectivity index (χ4n) is 3.86. The van der Waals surface area contributed by atoms with Crippen molar-refractivity contribution in [2.45, 2.75) is 38.1 Å². The minimum Gasteiger partial charge on any atom is -0.352 e. The second-order valence-electron chi connectivity index (χ2n) is 6.84. The van der Waals surface area contributed by atoms with E-state index in [1.165, 1.54) is 10.6 Å². The third-order valence-corrected chi connectivity index (χ3v) is 6.57. The molecule has 0 aromatic carbocycles. The Morgan fingerprint density at radius 2 is 2.05 bits per heavy atom. The SMILES string of the molecule is CS(=O)(=O)N1CCCC(NC(=O)C2CC23CCNCC3)C1. The van der Waals surface area contributed by atoms with Crippen molar-refractivity contribution in [3.05, 3.63) is 0 Å². The molecular formula is C14H25N3O3S. The van der Waals surface area contributed by atoms with Crippen LogP contribution >= 0.6 is 0 Å². The molecular weight excluding hydrogens is 290 g/mol. The van der Waals surface area contributed by atoms with E-state index in [4.69, 9.17) is 0 Å². The Balaban J connectivity index is 1.54. The highest BCUT2D eigenvalue weighted by molar-refractivity contribution is 7.88. The number of hydrogen-bond donors (Lipinski definition) is 2. The summed E-state index contributed by atoms with van der Waals surface area (Å²) in [5, 5.41) is 6.43. The maximum absolute atomic E-state index is 12.4. The van der Waals surface area contributed by atoms with Crippen LogP contribution < -0.4 is 10.6 Å². The van der Waals surface area contributed by atoms with Crippen LogP contribution in [0.15, 0.2) is 0 Å². The van der Waals surface area contributed by atoms with Gasteiger partial charge in [-0.25, -0.2) is 12.7 Å². The highest BCUT2D eigenvalue weighted by Crippen LogP contribution is 2.58. The molecule has 2 saturated heterocycles. The second kappa shape index (κ2) is 5.52. The molecule has 0 bridgehead atoms. The molecule has 0 aromatic rings. The van der Waals surface area contributed by atoms with E-state index in [-0.39, 0.29) is 23.3 Å². The van der Waals surface area contributed by atoms with Gasteiger partial charge in [0.25, 0.3) is 0 Å². The van der Waals surface area contributed by atoms with Gasteiger partial charge in [0, 0.05) is 25.0 Å². The summed E-state index contributed by atoms with van der Waals surface area (Å²) in [6, 6.07) is -0.0275. The quantitative estimate of drug-likeness (QED) is 0.763. The van der Waals surface area contributed by atoms with Crippen molar-refractivity contribution in [2.75, 3.05) is 32.4 Å². The standard InChI is InChI=1S/C14H25N3O3S/c1-21(19,20)17-8-2-3-11(10-17)16-13(18)12-9-14(12)4-6-15-7-5-14/h11-12,15H,2-10H2,1H3,(H,16,18). The lowest BCUT2D eigenvalue weighted by molar-refractivity contribution is -0.124. The Labute approximate surface area is 126 Å². The van der Waals surface area contributed by atoms with E-state index in [1.54, 1.807) is 0 Å². The molecule has 120 valence electrons. The van der Waals surface area contributed by atoms with Crippen molar-refractivity contribution >= 4 is 15.9 Å². The summed E-state index contributed by atoms with van der Waals surface area (Å²) in [7, 11) is -3.15. The number of carbonyl (C=O) groups is 1. The lowest BCUT2D eigenvalue weighted by Crippen LogP contribution is -2.50. The molecule has 3 aliphatic rings. The molecule has 2 heterocycles. The van der Waals surface area contributed by atoms with Crippen LogP contribution in [-0.4, -0.2) is 57.1 Å². The highest BCUT2D eigenvalue weighted by atomic mass is 32.2. The van der Waals surface area contributed by atoms with Crippen LogP contribution in [0.4, 0.5) is 0 Å². The number of piperidine rings is 2. The Hall–Kier alpha value is -0.660. The van der Waals surface area contributed by atoms with Gasteiger partial charge in [-0.2, -0.15) is 0 Å². The van der Waals surface area contributed by atoms with Gasteiger partial charge in [0.2, 0.25) is 15.9 Å². The van der Waals surface area contributed by atoms with Gasteiger partial charge in [0.1, 0.15) is 0 Å². The summed E-state index contributed by atoms with van der Waals surface area (Å²) in [5.74, 6) is 0.283. The van der Waals surface area contributed by atoms with E-state index in [9.17, 15) is 13.2 Å². The van der Waals surface area contributed by atoms with Crippen LogP contribution in [0, 0.1) is 11.3 Å². The number of nitrogens with one attached hydrogen (secondary N) is 2. The van der Waals surface area contributed by atoms with Crippen molar-refractivity contribution in [2.24, 2.45) is 11.3 Å². The summed E-state index contributed by atoms with van der Waals surface area (Å²) in [4.78, 5) is 12.4. The van der Waals surface area contributed by atoms with Crippen molar-refractivity contribution in [3.63, 3.8) is 0 Å². The van der Waals surface area contributed by atoms with Crippen LogP contribution in [-0.2, 0) is 14.8 Å². The van der Waals surface area contributed by atoms with Crippen LogP contribution in [0.3, 0.4) is 0 Å². The maximum Gasteiger partial charge on any atom is 0.223 e. The number of carbonyl (C=O) groups excluding carboxylic acids is 1. The summed E-state index contributed by atoms with van der Waals surface area (Å²) in [5.41, 5.74) is 0.237. The number of rotatable bonds is 3. The first-order chi connectivity index (χ1) is 9.91. The van der Waals surface area contributed by atoms with E-state index in [0.717, 1.165) is 45.2 Å². The van der Waals surface area contributed by atoms with Gasteiger partial charge in [-0.05, 0) is 50.6 Å². The lowest BCUT2D eigenvalue weighted by atomic mass is 9.91. The zero-order valence-corrected chi connectivity index (χ0v) is 13.4. The zero-order chi connectivity index (χ0) is 15.1. The van der Waals surface area contributed by atoms with E-state index in [2.05, 4.69) is 10.6 Å². The first kappa shape index (κ1) is 15.2. The summed E-state index contributed by atoms with van der Waals surface area (Å²) >= 11 is 0. The van der Waals surface area contributed by atoms with Gasteiger partial charge >= 0.3 is 0 Å². The maximum atomic E-state index is 12.4. The summed E-state index contributed by atoms with van der Waals surface area (Å²) in [6.07, 6.45) is 6.11. The third-order valence-electron chi connectivity index (χ3n) is 5.31. The van der Waals surface area contributed by atoms with Gasteiger partial charge in [-0.3, -0.25) is 4.79 Å². The van der Waals surface area contributed by atoms with E-state index in [0.29, 0.717) is 13.1 Å². The second-order valence-corrected chi connectivity index (χ2v) is 8.82. The summed E-state index contributed by atoms with van der Waals surface area (Å²) in [6.45, 7) is 3.01. The Kier molecular flexibility index (Phi) is 4.00. The molecule has 2 unspecified atom stereocenters. The highest BCUT2D eigenvalue weighted by Gasteiger charge is 2.57. The molecule has 3 fully saturated rings. The van der Waals surface area contributed by atoms with Gasteiger partial charge < -0.3 is 10.6 Å². The molecule has 2 atom stereocenters. The monoisotopic (exact) mass is 315 g/mol. The summed E-state index contributed by atoms with van der Waals surface area (Å²) < 4.78 is 24.7. The fraction of sp³-hybridized carbons (Fsp3) is 0.929. The molecule has 1 amide bonds. The molecule has 6 nitrogen and oxygen atoms in total. The number of hydrogen-bond acceptors (Lipinski definition) is 4. The van der Waals surface area contributed by atoms with Crippen LogP contribution in [0.5, 0.6) is 0 Å². The predicted octanol–water partition coefficient (Wildman–Crippen LogP) is -0.0837. The lowest BCUT2D eigenvalue weighted by Gasteiger charge is -2.31. The van der Waals surface area contributed by atoms with Crippen molar-refractivity contribution < 1.29 is 13.2 Å². The minimum absolute atomic E-state index is 0.0275. The van der Waals surface area contributed by atoms with E-state index < -0.39 is 10.0 Å². The van der Waals surface area contributed by atoms with Gasteiger partial charge in [-0.1, -0.05) is 0 Å². The molecule has 2 N–H and O–H groups in total. The van der Waals surface area contributed by atoms with Crippen molar-refractivity contribution in [3.8, 4) is 0 Å². The molecule has 2 aliphatic heterocycles. The molecule has 1 aliphatic carbocycles. The first-order valence-corrected chi connectivity index (χ1v) is 9.72. The normalized spacial score (nSPS) is 32.8. The average Bonchev–Trinajstić information content (AvgIpc) is 3.12. The third kappa shape index (κ3) is 3.24. The molecule has 3 rings (SSSR count). The largest absolute Gasteiger partial charge is 0.352 e. The smallest absolute Gasteiger partial charge is 0.223 e. The van der Waals surface area contributed by atoms with E-state index in [1.807, 2.05) is 0 Å². The predicted molar refractivity (Wildman–Crippen MR) is 80.2 cm³/mol. The average molecular weight is 315 g/mol. The zero-order valence-electron chi connectivity index (χ0n) is 12.6. The molecule has 1 saturated carbocycles. The number of amides is 1. The Morgan fingerprint density at radius 3 is 2.71 bits per heavy atom. The fourth-order valence-corrected chi connectivity index (χ4v) is 4.77. The molecule has 0 radical (unpaired) electrons. The van der Waals surface area contributed by atoms with Crippen molar-refractivity contribution in [1.82, 2.24) is 14.9 Å². The van der Waals surface area contributed by atoms with Gasteiger partial charge in [0.15, 0.2) is 0 Å². The van der Waals surface area contributed by atoms with Crippen molar-refractivity contribution in [1.29, 1.82) is 0 Å². The Bertz CT molecular complexity index is 514. The van der Waals surface area contributed by atoms with E-state index >= 15 is 0 Å². The molecule has 1 spiro atoms.